The van der Waals surface area contributed by atoms with E-state index in [1.807, 2.05) is 6.07 Å². The maximum absolute atomic E-state index is 10.8. The van der Waals surface area contributed by atoms with E-state index in [0.29, 0.717) is 10.6 Å². The molecule has 14 heavy (non-hydrogen) atoms. The fraction of sp³-hybridized carbons (Fsp3) is 0.100. The van der Waals surface area contributed by atoms with Gasteiger partial charge in [0, 0.05) is 10.9 Å². The van der Waals surface area contributed by atoms with E-state index in [4.69, 9.17) is 10.5 Å². The van der Waals surface area contributed by atoms with E-state index in [-0.39, 0.29) is 0 Å². The number of methoxy groups -OCH3 is 1. The van der Waals surface area contributed by atoms with Crippen LogP contribution in [0.25, 0.3) is 10.1 Å². The summed E-state index contributed by atoms with van der Waals surface area (Å²) in [4.78, 5) is 10.8. The molecule has 3 nitrogen and oxygen atoms in total. The average molecular weight is 207 g/mol. The number of rotatable bonds is 2. The highest BCUT2D eigenvalue weighted by atomic mass is 32.1. The number of fused-ring (bicyclic) bond motifs is 1. The van der Waals surface area contributed by atoms with Gasteiger partial charge in [-0.2, -0.15) is 0 Å². The van der Waals surface area contributed by atoms with Gasteiger partial charge in [-0.3, -0.25) is 4.79 Å². The lowest BCUT2D eigenvalue weighted by Gasteiger charge is -2.01. The van der Waals surface area contributed by atoms with Crippen LogP contribution in [-0.4, -0.2) is 13.4 Å². The van der Waals surface area contributed by atoms with Gasteiger partial charge in [0.2, 0.25) is 0 Å². The molecule has 72 valence electrons. The van der Waals surface area contributed by atoms with Gasteiger partial charge in [0.15, 0.2) is 6.29 Å². The van der Waals surface area contributed by atoms with Crippen molar-refractivity contribution >= 4 is 32.7 Å². The van der Waals surface area contributed by atoms with E-state index >= 15 is 0 Å². The first-order valence-electron chi connectivity index (χ1n) is 4.07. The van der Waals surface area contributed by atoms with Crippen molar-refractivity contribution in [1.82, 2.24) is 0 Å². The van der Waals surface area contributed by atoms with Crippen LogP contribution in [0, 0.1) is 0 Å². The van der Waals surface area contributed by atoms with Gasteiger partial charge in [0.05, 0.1) is 16.8 Å². The molecule has 2 aromatic rings. The zero-order valence-corrected chi connectivity index (χ0v) is 8.43. The van der Waals surface area contributed by atoms with Crippen molar-refractivity contribution < 1.29 is 9.53 Å². The Bertz CT molecular complexity index is 490. The minimum Gasteiger partial charge on any atom is -0.496 e. The largest absolute Gasteiger partial charge is 0.496 e. The highest BCUT2D eigenvalue weighted by Gasteiger charge is 2.08. The number of nitrogens with two attached hydrogens (primary N) is 1. The Morgan fingerprint density at radius 3 is 2.93 bits per heavy atom. The summed E-state index contributed by atoms with van der Waals surface area (Å²) in [5, 5.41) is 1.59. The van der Waals surface area contributed by atoms with Gasteiger partial charge < -0.3 is 10.5 Å². The van der Waals surface area contributed by atoms with Crippen LogP contribution in [0.2, 0.25) is 0 Å². The molecule has 0 aliphatic rings. The Hall–Kier alpha value is -1.55. The van der Waals surface area contributed by atoms with Gasteiger partial charge in [0.1, 0.15) is 5.75 Å². The fourth-order valence-electron chi connectivity index (χ4n) is 1.41. The number of aldehydes is 1. The number of nitrogen functional groups attached to an aromatic ring is 1. The molecule has 2 rings (SSSR count). The molecular weight excluding hydrogens is 198 g/mol. The second kappa shape index (κ2) is 3.31. The highest BCUT2D eigenvalue weighted by Crippen LogP contribution is 2.35. The van der Waals surface area contributed by atoms with Crippen LogP contribution in [0.15, 0.2) is 18.2 Å². The second-order valence-electron chi connectivity index (χ2n) is 2.87. The SMILES string of the molecule is COc1ccc(C=O)c2sc(N)cc12. The van der Waals surface area contributed by atoms with Crippen molar-refractivity contribution in [3.05, 3.63) is 23.8 Å². The summed E-state index contributed by atoms with van der Waals surface area (Å²) in [7, 11) is 1.60. The minimum absolute atomic E-state index is 0.655. The predicted molar refractivity (Wildman–Crippen MR) is 58.2 cm³/mol. The van der Waals surface area contributed by atoms with Crippen LogP contribution >= 0.6 is 11.3 Å². The summed E-state index contributed by atoms with van der Waals surface area (Å²) in [5.74, 6) is 0.749. The summed E-state index contributed by atoms with van der Waals surface area (Å²) < 4.78 is 6.06. The zero-order chi connectivity index (χ0) is 10.1. The van der Waals surface area contributed by atoms with Crippen LogP contribution in [0.3, 0.4) is 0 Å². The first-order valence-corrected chi connectivity index (χ1v) is 4.89. The summed E-state index contributed by atoms with van der Waals surface area (Å²) in [5.41, 5.74) is 6.34. The molecule has 0 unspecified atom stereocenters. The first kappa shape index (κ1) is 9.02. The first-order chi connectivity index (χ1) is 6.76. The van der Waals surface area contributed by atoms with Crippen LogP contribution in [0.4, 0.5) is 5.00 Å². The standard InChI is InChI=1S/C10H9NO2S/c1-13-8-3-2-6(5-12)10-7(8)4-9(11)14-10/h2-5H,11H2,1H3. The topological polar surface area (TPSA) is 52.3 Å². The van der Waals surface area contributed by atoms with Crippen molar-refractivity contribution in [2.24, 2.45) is 0 Å². The van der Waals surface area contributed by atoms with Crippen LogP contribution in [0.1, 0.15) is 10.4 Å². The molecule has 1 aromatic heterocycles. The molecule has 0 amide bonds. The molecule has 0 aliphatic heterocycles. The Balaban J connectivity index is 2.83. The number of hydrogen-bond donors (Lipinski definition) is 1. The van der Waals surface area contributed by atoms with Gasteiger partial charge in [-0.1, -0.05) is 0 Å². The van der Waals surface area contributed by atoms with Gasteiger partial charge in [-0.15, -0.1) is 11.3 Å². The Labute approximate surface area is 85.1 Å². The molecule has 4 heteroatoms. The van der Waals surface area contributed by atoms with Crippen LogP contribution < -0.4 is 10.5 Å². The normalized spacial score (nSPS) is 10.4. The van der Waals surface area contributed by atoms with Crippen molar-refractivity contribution in [3.63, 3.8) is 0 Å². The minimum atomic E-state index is 0.655. The summed E-state index contributed by atoms with van der Waals surface area (Å²) in [6.07, 6.45) is 0.831. The maximum Gasteiger partial charge on any atom is 0.151 e. The smallest absolute Gasteiger partial charge is 0.151 e. The number of thiophene rings is 1. The number of ether oxygens (including phenoxy) is 1. The van der Waals surface area contributed by atoms with Crippen LogP contribution in [0.5, 0.6) is 5.75 Å². The third-order valence-corrected chi connectivity index (χ3v) is 3.05. The number of benzene rings is 1. The van der Waals surface area contributed by atoms with E-state index < -0.39 is 0 Å². The lowest BCUT2D eigenvalue weighted by atomic mass is 10.1. The molecule has 0 aliphatic carbocycles. The van der Waals surface area contributed by atoms with E-state index in [2.05, 4.69) is 0 Å². The Kier molecular flexibility index (Phi) is 2.13. The quantitative estimate of drug-likeness (QED) is 0.769. The van der Waals surface area contributed by atoms with Gasteiger partial charge in [0.25, 0.3) is 0 Å². The monoisotopic (exact) mass is 207 g/mol. The molecule has 0 atom stereocenters. The zero-order valence-electron chi connectivity index (χ0n) is 7.61. The Morgan fingerprint density at radius 2 is 2.29 bits per heavy atom. The van der Waals surface area contributed by atoms with E-state index in [9.17, 15) is 4.79 Å². The number of hydrogen-bond acceptors (Lipinski definition) is 4. The lowest BCUT2D eigenvalue weighted by Crippen LogP contribution is -1.85. The average Bonchev–Trinajstić information content (AvgIpc) is 2.57. The summed E-state index contributed by atoms with van der Waals surface area (Å²) in [6.45, 7) is 0. The molecule has 0 spiro atoms. The molecule has 0 fully saturated rings. The Morgan fingerprint density at radius 1 is 1.50 bits per heavy atom. The number of anilines is 1. The molecule has 1 aromatic carbocycles. The van der Waals surface area contributed by atoms with Crippen molar-refractivity contribution in [1.29, 1.82) is 0 Å². The molecule has 1 heterocycles. The highest BCUT2D eigenvalue weighted by molar-refractivity contribution is 7.23. The fourth-order valence-corrected chi connectivity index (χ4v) is 2.33. The van der Waals surface area contributed by atoms with Crippen molar-refractivity contribution in [3.8, 4) is 5.75 Å². The van der Waals surface area contributed by atoms with E-state index in [0.717, 1.165) is 22.1 Å². The summed E-state index contributed by atoms with van der Waals surface area (Å²) >= 11 is 1.40. The number of carbonyl (C=O) groups is 1. The van der Waals surface area contributed by atoms with Crippen molar-refractivity contribution in [2.45, 2.75) is 0 Å². The van der Waals surface area contributed by atoms with Gasteiger partial charge in [-0.05, 0) is 18.2 Å². The molecule has 0 bridgehead atoms. The molecular formula is C10H9NO2S. The van der Waals surface area contributed by atoms with E-state index in [1.54, 1.807) is 19.2 Å². The van der Waals surface area contributed by atoms with Crippen LogP contribution in [-0.2, 0) is 0 Å². The van der Waals surface area contributed by atoms with Crippen molar-refractivity contribution in [2.75, 3.05) is 12.8 Å². The number of carbonyl (C=O) groups excluding carboxylic acids is 1. The third kappa shape index (κ3) is 1.24. The van der Waals surface area contributed by atoms with Gasteiger partial charge in [-0.25, -0.2) is 0 Å². The van der Waals surface area contributed by atoms with Gasteiger partial charge >= 0.3 is 0 Å². The molecule has 2 N–H and O–H groups in total. The second-order valence-corrected chi connectivity index (χ2v) is 3.95. The molecule has 0 saturated heterocycles. The third-order valence-electron chi connectivity index (χ3n) is 2.04. The molecule has 0 saturated carbocycles. The van der Waals surface area contributed by atoms with E-state index in [1.165, 1.54) is 11.3 Å². The maximum atomic E-state index is 10.8. The molecule has 0 radical (unpaired) electrons. The lowest BCUT2D eigenvalue weighted by molar-refractivity contribution is 0.112. The predicted octanol–water partition coefficient (Wildman–Crippen LogP) is 2.30. The summed E-state index contributed by atoms with van der Waals surface area (Å²) in [6, 6.07) is 5.34.